The Bertz CT molecular complexity index is 909. The quantitative estimate of drug-likeness (QED) is 0.358. The van der Waals surface area contributed by atoms with Crippen molar-refractivity contribution in [1.82, 2.24) is 0 Å². The Morgan fingerprint density at radius 3 is 2.45 bits per heavy atom. The molecule has 31 heavy (non-hydrogen) atoms. The Morgan fingerprint density at radius 1 is 1.10 bits per heavy atom. The maximum Gasteiger partial charge on any atom is 0.338 e. The van der Waals surface area contributed by atoms with Crippen LogP contribution >= 0.6 is 0 Å². The number of anilines is 1. The highest BCUT2D eigenvalue weighted by atomic mass is 16.5. The van der Waals surface area contributed by atoms with Gasteiger partial charge in [-0.3, -0.25) is 9.59 Å². The van der Waals surface area contributed by atoms with Gasteiger partial charge in [0, 0.05) is 6.42 Å². The number of hydrogen-bond donors (Lipinski definition) is 1. The van der Waals surface area contributed by atoms with E-state index in [1.54, 1.807) is 31.4 Å². The molecule has 0 unspecified atom stereocenters. The smallest absolute Gasteiger partial charge is 0.338 e. The van der Waals surface area contributed by atoms with E-state index in [2.05, 4.69) is 0 Å². The normalized spacial score (nSPS) is 15.9. The maximum absolute atomic E-state index is 12.8. The van der Waals surface area contributed by atoms with Crippen molar-refractivity contribution in [2.24, 2.45) is 0 Å². The minimum atomic E-state index is -0.426. The van der Waals surface area contributed by atoms with Crippen molar-refractivity contribution in [3.63, 3.8) is 0 Å². The molecule has 0 aromatic heterocycles. The third-order valence-electron chi connectivity index (χ3n) is 5.32. The molecule has 0 bridgehead atoms. The number of ether oxygens (including phenoxy) is 2. The van der Waals surface area contributed by atoms with Crippen LogP contribution in [0, 0.1) is 0 Å². The van der Waals surface area contributed by atoms with Crippen molar-refractivity contribution in [3.05, 3.63) is 59.7 Å². The fourth-order valence-corrected chi connectivity index (χ4v) is 3.49. The summed E-state index contributed by atoms with van der Waals surface area (Å²) in [5.74, 6) is -0.0454. The second kappa shape index (κ2) is 10.7. The number of unbranched alkanes of at least 4 members (excludes halogenated alkanes) is 1. The van der Waals surface area contributed by atoms with Crippen molar-refractivity contribution < 1.29 is 29.2 Å². The van der Waals surface area contributed by atoms with E-state index in [4.69, 9.17) is 9.47 Å². The Morgan fingerprint density at radius 2 is 1.81 bits per heavy atom. The Labute approximate surface area is 182 Å². The summed E-state index contributed by atoms with van der Waals surface area (Å²) in [5, 5.41) is 1.92. The van der Waals surface area contributed by atoms with E-state index in [0.29, 0.717) is 24.4 Å². The van der Waals surface area contributed by atoms with E-state index in [1.165, 1.54) is 4.90 Å². The molecule has 0 aliphatic carbocycles. The Hall–Kier alpha value is -3.19. The molecule has 164 valence electrons. The van der Waals surface area contributed by atoms with Crippen LogP contribution in [0.25, 0.3) is 0 Å². The highest BCUT2D eigenvalue weighted by Gasteiger charge is 2.42. The number of methoxy groups -OCH3 is 1. The molecular formula is C24H29N2O5+. The molecule has 2 aromatic carbocycles. The molecule has 2 aromatic rings. The van der Waals surface area contributed by atoms with Crippen molar-refractivity contribution in [3.8, 4) is 5.75 Å². The van der Waals surface area contributed by atoms with E-state index in [1.807, 2.05) is 36.5 Å². The van der Waals surface area contributed by atoms with Gasteiger partial charge in [0.2, 0.25) is 5.91 Å². The first-order valence-corrected chi connectivity index (χ1v) is 10.6. The molecule has 2 N–H and O–H groups in total. The molecule has 1 heterocycles. The summed E-state index contributed by atoms with van der Waals surface area (Å²) in [7, 11) is 1.63. The molecule has 1 saturated heterocycles. The number of amides is 2. The number of nitrogens with zero attached hydrogens (tertiary/aromatic N) is 1. The summed E-state index contributed by atoms with van der Waals surface area (Å²) in [6.07, 6.45) is 2.72. The second-order valence-corrected chi connectivity index (χ2v) is 7.54. The molecule has 2 amide bonds. The van der Waals surface area contributed by atoms with E-state index in [9.17, 15) is 14.4 Å². The minimum Gasteiger partial charge on any atom is -0.497 e. The highest BCUT2D eigenvalue weighted by Crippen LogP contribution is 2.22. The number of benzene rings is 2. The van der Waals surface area contributed by atoms with Crippen LogP contribution in [0.5, 0.6) is 5.75 Å². The van der Waals surface area contributed by atoms with Gasteiger partial charge in [0.05, 0.1) is 37.9 Å². The Balaban J connectivity index is 1.54. The standard InChI is InChI=1S/C24H28N2O5/c1-3-4-15-31-24(29)18-7-9-19(10-8-18)26-22(27)16-21(23(26)28)25-14-13-17-5-11-20(30-2)12-6-17/h5-12,21,25H,3-4,13-16H2,1-2H3/p+1/t21-/m0/s1. The van der Waals surface area contributed by atoms with Crippen LogP contribution in [0.1, 0.15) is 42.1 Å². The molecule has 0 radical (unpaired) electrons. The number of esters is 1. The molecule has 1 fully saturated rings. The summed E-state index contributed by atoms with van der Waals surface area (Å²) in [5.41, 5.74) is 2.03. The van der Waals surface area contributed by atoms with Gasteiger partial charge in [0.1, 0.15) is 5.75 Å². The predicted octanol–water partition coefficient (Wildman–Crippen LogP) is 2.09. The lowest BCUT2D eigenvalue weighted by Crippen LogP contribution is -2.92. The average Bonchev–Trinajstić information content (AvgIpc) is 3.07. The fraction of sp³-hybridized carbons (Fsp3) is 0.375. The van der Waals surface area contributed by atoms with E-state index in [-0.39, 0.29) is 18.2 Å². The summed E-state index contributed by atoms with van der Waals surface area (Å²) in [4.78, 5) is 38.5. The van der Waals surface area contributed by atoms with Crippen LogP contribution in [0.15, 0.2) is 48.5 Å². The van der Waals surface area contributed by atoms with Crippen LogP contribution in [0.4, 0.5) is 5.69 Å². The number of hydrogen-bond acceptors (Lipinski definition) is 5. The number of carbonyl (C=O) groups excluding carboxylic acids is 3. The first-order chi connectivity index (χ1) is 15.0. The van der Waals surface area contributed by atoms with Crippen LogP contribution in [0.2, 0.25) is 0 Å². The maximum atomic E-state index is 12.8. The summed E-state index contributed by atoms with van der Waals surface area (Å²) in [6.45, 7) is 3.11. The predicted molar refractivity (Wildman–Crippen MR) is 116 cm³/mol. The van der Waals surface area contributed by atoms with Crippen molar-refractivity contribution in [2.75, 3.05) is 25.2 Å². The number of quaternary nitrogens is 1. The molecule has 7 nitrogen and oxygen atoms in total. The lowest BCUT2D eigenvalue weighted by atomic mass is 10.1. The lowest BCUT2D eigenvalue weighted by Gasteiger charge is -2.14. The van der Waals surface area contributed by atoms with Crippen LogP contribution in [-0.4, -0.2) is 44.1 Å². The Kier molecular flexibility index (Phi) is 7.78. The number of rotatable bonds is 10. The van der Waals surface area contributed by atoms with E-state index < -0.39 is 12.0 Å². The summed E-state index contributed by atoms with van der Waals surface area (Å²) in [6, 6.07) is 13.8. The van der Waals surface area contributed by atoms with Gasteiger partial charge in [0.25, 0.3) is 5.91 Å². The van der Waals surface area contributed by atoms with Gasteiger partial charge in [-0.25, -0.2) is 9.69 Å². The first-order valence-electron chi connectivity index (χ1n) is 10.6. The summed E-state index contributed by atoms with van der Waals surface area (Å²) < 4.78 is 10.3. The second-order valence-electron chi connectivity index (χ2n) is 7.54. The number of carbonyl (C=O) groups is 3. The zero-order valence-electron chi connectivity index (χ0n) is 18.0. The lowest BCUT2D eigenvalue weighted by molar-refractivity contribution is -0.674. The third kappa shape index (κ3) is 5.70. The topological polar surface area (TPSA) is 89.5 Å². The molecule has 7 heteroatoms. The van der Waals surface area contributed by atoms with Gasteiger partial charge >= 0.3 is 5.97 Å². The van der Waals surface area contributed by atoms with Crippen LogP contribution in [0.3, 0.4) is 0 Å². The van der Waals surface area contributed by atoms with Crippen molar-refractivity contribution >= 4 is 23.5 Å². The molecule has 1 aliphatic rings. The zero-order chi connectivity index (χ0) is 22.2. The van der Waals surface area contributed by atoms with Crippen LogP contribution < -0.4 is 15.0 Å². The summed E-state index contributed by atoms with van der Waals surface area (Å²) >= 11 is 0. The van der Waals surface area contributed by atoms with Gasteiger partial charge < -0.3 is 14.8 Å². The molecular weight excluding hydrogens is 396 g/mol. The minimum absolute atomic E-state index is 0.169. The third-order valence-corrected chi connectivity index (χ3v) is 5.32. The molecule has 3 rings (SSSR count). The molecule has 0 spiro atoms. The van der Waals surface area contributed by atoms with Crippen molar-refractivity contribution in [1.29, 1.82) is 0 Å². The number of nitrogens with two attached hydrogens (primary N) is 1. The first kappa shape index (κ1) is 22.5. The van der Waals surface area contributed by atoms with Crippen molar-refractivity contribution in [2.45, 2.75) is 38.6 Å². The monoisotopic (exact) mass is 425 g/mol. The van der Waals surface area contributed by atoms with Gasteiger partial charge in [0.15, 0.2) is 6.04 Å². The molecule has 1 aliphatic heterocycles. The highest BCUT2D eigenvalue weighted by molar-refractivity contribution is 6.21. The molecule has 0 saturated carbocycles. The number of imide groups is 1. The van der Waals surface area contributed by atoms with Gasteiger partial charge in [-0.2, -0.15) is 0 Å². The zero-order valence-corrected chi connectivity index (χ0v) is 18.0. The fourth-order valence-electron chi connectivity index (χ4n) is 3.49. The van der Waals surface area contributed by atoms with E-state index in [0.717, 1.165) is 30.6 Å². The molecule has 1 atom stereocenters. The van der Waals surface area contributed by atoms with Gasteiger partial charge in [-0.1, -0.05) is 25.5 Å². The van der Waals surface area contributed by atoms with E-state index >= 15 is 0 Å². The van der Waals surface area contributed by atoms with Crippen LogP contribution in [-0.2, 0) is 20.7 Å². The largest absolute Gasteiger partial charge is 0.497 e. The SMILES string of the molecule is CCCCOC(=O)c1ccc(N2C(=O)C[C@H]([NH2+]CCc3ccc(OC)cc3)C2=O)cc1. The van der Waals surface area contributed by atoms with Gasteiger partial charge in [-0.15, -0.1) is 0 Å². The van der Waals surface area contributed by atoms with Gasteiger partial charge in [-0.05, 0) is 48.4 Å². The average molecular weight is 426 g/mol.